The molecule has 0 saturated heterocycles. The molecule has 0 fully saturated rings. The lowest BCUT2D eigenvalue weighted by atomic mass is 9.95. The molecule has 2 atom stereocenters. The first-order valence-electron chi connectivity index (χ1n) is 9.69. The molecule has 150 valence electrons. The number of nitrogens with one attached hydrogen (secondary N) is 1. The molecule has 4 aromatic rings. The van der Waals surface area contributed by atoms with Crippen LogP contribution in [-0.2, 0) is 6.61 Å². The van der Waals surface area contributed by atoms with E-state index in [-0.39, 0.29) is 18.0 Å². The van der Waals surface area contributed by atoms with E-state index >= 15 is 0 Å². The molecule has 0 saturated carbocycles. The lowest BCUT2D eigenvalue weighted by Crippen LogP contribution is -2.37. The van der Waals surface area contributed by atoms with Crippen LogP contribution in [0.4, 0.5) is 5.69 Å². The minimum atomic E-state index is -0.931. The van der Waals surface area contributed by atoms with Gasteiger partial charge in [-0.1, -0.05) is 91.0 Å². The fraction of sp³-hybridized carbons (Fsp3) is 0.120. The van der Waals surface area contributed by atoms with Crippen molar-refractivity contribution in [2.75, 3.05) is 5.32 Å². The van der Waals surface area contributed by atoms with Gasteiger partial charge in [0, 0.05) is 0 Å². The maximum absolute atomic E-state index is 12.3. The molecule has 2 N–H and O–H groups in total. The van der Waals surface area contributed by atoms with Gasteiger partial charge in [0.1, 0.15) is 18.4 Å². The highest BCUT2D eigenvalue weighted by Crippen LogP contribution is 2.33. The number of benzene rings is 3. The molecule has 0 aromatic heterocycles. The number of hydrogen-bond donors (Lipinski definition) is 2. The Morgan fingerprint density at radius 1 is 0.733 bits per heavy atom. The van der Waals surface area contributed by atoms with Crippen LogP contribution >= 0.6 is 0 Å². The fourth-order valence-electron chi connectivity index (χ4n) is 3.37. The Kier molecular flexibility index (Phi) is 5.72. The summed E-state index contributed by atoms with van der Waals surface area (Å²) in [5.74, 6) is 0.00467. The summed E-state index contributed by atoms with van der Waals surface area (Å²) >= 11 is 0. The van der Waals surface area contributed by atoms with Crippen LogP contribution in [-0.4, -0.2) is 5.11 Å². The number of ether oxygens (including phenoxy) is 1. The van der Waals surface area contributed by atoms with Gasteiger partial charge in [-0.3, -0.25) is 9.59 Å². The topological polar surface area (TPSA) is 75.6 Å². The highest BCUT2D eigenvalue weighted by atomic mass is 16.5. The fourth-order valence-corrected chi connectivity index (χ4v) is 3.37. The molecule has 4 rings (SSSR count). The van der Waals surface area contributed by atoms with Crippen LogP contribution in [0.1, 0.15) is 28.8 Å². The number of anilines is 1. The van der Waals surface area contributed by atoms with Crippen LogP contribution in [0.2, 0.25) is 0 Å². The minimum Gasteiger partial charge on any atom is -0.482 e. The zero-order valence-corrected chi connectivity index (χ0v) is 16.2. The second-order valence-electron chi connectivity index (χ2n) is 7.02. The molecule has 2 unspecified atom stereocenters. The Hall–Kier alpha value is -3.70. The van der Waals surface area contributed by atoms with E-state index in [4.69, 9.17) is 4.74 Å². The Balaban J connectivity index is 1.61. The highest BCUT2D eigenvalue weighted by Gasteiger charge is 2.29. The molecule has 5 heteroatoms. The Labute approximate surface area is 173 Å². The average Bonchev–Trinajstić information content (AvgIpc) is 2.82. The average molecular weight is 399 g/mol. The van der Waals surface area contributed by atoms with Crippen molar-refractivity contribution in [1.29, 1.82) is 0 Å². The number of aliphatic hydroxyl groups excluding tert-OH is 1. The van der Waals surface area contributed by atoms with Gasteiger partial charge in [-0.15, -0.1) is 0 Å². The van der Waals surface area contributed by atoms with Crippen molar-refractivity contribution in [3.05, 3.63) is 128 Å². The summed E-state index contributed by atoms with van der Waals surface area (Å²) < 4.78 is 5.65. The molecule has 30 heavy (non-hydrogen) atoms. The van der Waals surface area contributed by atoms with Crippen molar-refractivity contribution in [3.63, 3.8) is 0 Å². The number of rotatable bonds is 8. The standard InChI is InChI=1S/C25H21NO4/c27-22(19-14-8-3-9-15-19)20(18-12-6-2-7-13-18)26-21-23(28)24(29)25(21)30-16-17-10-4-1-5-11-17/h1-15,20,22,26-27H,16H2. The molecule has 0 radical (unpaired) electrons. The summed E-state index contributed by atoms with van der Waals surface area (Å²) in [6.07, 6.45) is -0.931. The first kappa shape index (κ1) is 19.6. The van der Waals surface area contributed by atoms with E-state index in [1.807, 2.05) is 91.0 Å². The number of aliphatic hydroxyl groups is 1. The van der Waals surface area contributed by atoms with Crippen molar-refractivity contribution in [2.45, 2.75) is 18.8 Å². The molecular weight excluding hydrogens is 378 g/mol. The van der Waals surface area contributed by atoms with Gasteiger partial charge in [-0.25, -0.2) is 0 Å². The Morgan fingerprint density at radius 3 is 1.87 bits per heavy atom. The van der Waals surface area contributed by atoms with E-state index in [1.165, 1.54) is 0 Å². The molecular formula is C25H21NO4. The maximum atomic E-state index is 12.3. The van der Waals surface area contributed by atoms with E-state index in [2.05, 4.69) is 5.32 Å². The molecule has 4 aromatic carbocycles. The second kappa shape index (κ2) is 8.76. The normalized spacial score (nSPS) is 13.0. The van der Waals surface area contributed by atoms with Gasteiger partial charge in [0.05, 0.1) is 6.04 Å². The predicted octanol–water partition coefficient (Wildman–Crippen LogP) is 3.75. The van der Waals surface area contributed by atoms with Gasteiger partial charge >= 0.3 is 0 Å². The molecule has 0 spiro atoms. The molecule has 0 amide bonds. The molecule has 0 aliphatic heterocycles. The van der Waals surface area contributed by atoms with Crippen LogP contribution in [0, 0.1) is 0 Å². The maximum Gasteiger partial charge on any atom is 0.272 e. The summed E-state index contributed by atoms with van der Waals surface area (Å²) in [5, 5.41) is 14.1. The number of hydrogen-bond acceptors (Lipinski definition) is 5. The van der Waals surface area contributed by atoms with Crippen molar-refractivity contribution >= 4 is 5.69 Å². The predicted molar refractivity (Wildman–Crippen MR) is 116 cm³/mol. The first-order valence-corrected chi connectivity index (χ1v) is 9.69. The third kappa shape index (κ3) is 4.02. The third-order valence-electron chi connectivity index (χ3n) is 5.01. The van der Waals surface area contributed by atoms with Gasteiger partial charge in [0.2, 0.25) is 0 Å². The van der Waals surface area contributed by atoms with Crippen molar-refractivity contribution in [1.82, 2.24) is 0 Å². The zero-order chi connectivity index (χ0) is 20.9. The monoisotopic (exact) mass is 399 g/mol. The zero-order valence-electron chi connectivity index (χ0n) is 16.2. The third-order valence-corrected chi connectivity index (χ3v) is 5.01. The van der Waals surface area contributed by atoms with Gasteiger partial charge in [-0.05, 0) is 16.7 Å². The summed E-state index contributed by atoms with van der Waals surface area (Å²) in [6.45, 7) is 0.178. The van der Waals surface area contributed by atoms with E-state index in [9.17, 15) is 14.7 Å². The largest absolute Gasteiger partial charge is 0.482 e. The quantitative estimate of drug-likeness (QED) is 0.442. The molecule has 0 aliphatic rings. The highest BCUT2D eigenvalue weighted by molar-refractivity contribution is 5.63. The SMILES string of the molecule is O=c1c(NC(c2ccccc2)C(O)c2ccccc2)c(OCc2ccccc2)c1=O. The van der Waals surface area contributed by atoms with Crippen LogP contribution in [0.5, 0.6) is 5.75 Å². The molecule has 5 nitrogen and oxygen atoms in total. The van der Waals surface area contributed by atoms with E-state index in [0.717, 1.165) is 11.1 Å². The van der Waals surface area contributed by atoms with Gasteiger partial charge < -0.3 is 15.2 Å². The summed E-state index contributed by atoms with van der Waals surface area (Å²) in [4.78, 5) is 24.4. The molecule has 0 bridgehead atoms. The van der Waals surface area contributed by atoms with Gasteiger partial charge in [0.15, 0.2) is 5.75 Å². The van der Waals surface area contributed by atoms with Crippen LogP contribution < -0.4 is 20.9 Å². The van der Waals surface area contributed by atoms with Crippen molar-refractivity contribution in [2.24, 2.45) is 0 Å². The van der Waals surface area contributed by atoms with Gasteiger partial charge in [-0.2, -0.15) is 0 Å². The minimum absolute atomic E-state index is 0.00467. The van der Waals surface area contributed by atoms with Gasteiger partial charge in [0.25, 0.3) is 10.9 Å². The van der Waals surface area contributed by atoms with E-state index in [0.29, 0.717) is 5.56 Å². The summed E-state index contributed by atoms with van der Waals surface area (Å²) in [5.41, 5.74) is 1.18. The lowest BCUT2D eigenvalue weighted by Gasteiger charge is -2.27. The first-order chi connectivity index (χ1) is 14.6. The van der Waals surface area contributed by atoms with Crippen molar-refractivity contribution < 1.29 is 9.84 Å². The van der Waals surface area contributed by atoms with Crippen LogP contribution in [0.25, 0.3) is 0 Å². The second-order valence-corrected chi connectivity index (χ2v) is 7.02. The summed E-state index contributed by atoms with van der Waals surface area (Å²) in [6, 6.07) is 27.3. The summed E-state index contributed by atoms with van der Waals surface area (Å²) in [7, 11) is 0. The van der Waals surface area contributed by atoms with Crippen LogP contribution in [0.3, 0.4) is 0 Å². The Morgan fingerprint density at radius 2 is 1.27 bits per heavy atom. The Bertz CT molecular complexity index is 1170. The van der Waals surface area contributed by atoms with Crippen molar-refractivity contribution in [3.8, 4) is 5.75 Å². The smallest absolute Gasteiger partial charge is 0.272 e. The molecule has 0 heterocycles. The van der Waals surface area contributed by atoms with E-state index in [1.54, 1.807) is 0 Å². The molecule has 0 aliphatic carbocycles. The van der Waals surface area contributed by atoms with E-state index < -0.39 is 23.0 Å². The van der Waals surface area contributed by atoms with Crippen LogP contribution in [0.15, 0.2) is 101 Å². The lowest BCUT2D eigenvalue weighted by molar-refractivity contribution is 0.154.